The number of thioether (sulfide) groups is 2. The topological polar surface area (TPSA) is 163 Å². The lowest BCUT2D eigenvalue weighted by Crippen LogP contribution is -2.81. The van der Waals surface area contributed by atoms with Crippen LogP contribution in [0.3, 0.4) is 0 Å². The van der Waals surface area contributed by atoms with Crippen molar-refractivity contribution < 1.29 is 28.8 Å². The maximum Gasteiger partial charge on any atom is 0.352 e. The van der Waals surface area contributed by atoms with Crippen molar-refractivity contribution in [3.8, 4) is 0 Å². The molecule has 0 saturated carbocycles. The molecule has 2 amide bonds. The van der Waals surface area contributed by atoms with Gasteiger partial charge in [-0.3, -0.25) is 14.5 Å². The standard InChI is InChI=1S/C19H20N6O6S3/c1-24-18(21-22-23-24)33-9-11-8-32-17-19(31-2,16(29)25(17)14(11)15(27)28)20-13(26)10-34(30)12-6-4-3-5-7-12/h3-7,17H,8-10H2,1-2H3,(H,20,26)(H,27,28)/t17-,19-,34?/m0/s1. The summed E-state index contributed by atoms with van der Waals surface area (Å²) in [6.07, 6.45) is 0. The van der Waals surface area contributed by atoms with Crippen LogP contribution in [0.4, 0.5) is 0 Å². The van der Waals surface area contributed by atoms with E-state index in [-0.39, 0.29) is 17.2 Å². The van der Waals surface area contributed by atoms with Gasteiger partial charge in [-0.05, 0) is 39.3 Å². The highest BCUT2D eigenvalue weighted by Gasteiger charge is 2.66. The maximum absolute atomic E-state index is 13.1. The number of β-lactam (4-membered cyclic amide) rings is 1. The van der Waals surface area contributed by atoms with Gasteiger partial charge < -0.3 is 19.7 Å². The molecule has 2 N–H and O–H groups in total. The van der Waals surface area contributed by atoms with E-state index >= 15 is 0 Å². The second-order valence-corrected chi connectivity index (χ2v) is 10.7. The Hall–Kier alpha value is -2.59. The van der Waals surface area contributed by atoms with Crippen LogP contribution in [-0.4, -0.2) is 88.0 Å². The van der Waals surface area contributed by atoms with Crippen molar-refractivity contribution in [1.29, 1.82) is 0 Å². The highest BCUT2D eigenvalue weighted by Crippen LogP contribution is 2.47. The SMILES string of the molecule is CO[C@@]1(NC(=O)C[S+]([O-])c2ccccc2)C(=O)N2C(C(=O)O)=C(CSc3nnnn3C)CS[C@H]21. The van der Waals surface area contributed by atoms with Crippen molar-refractivity contribution in [3.05, 3.63) is 41.6 Å². The van der Waals surface area contributed by atoms with E-state index in [1.807, 2.05) is 0 Å². The van der Waals surface area contributed by atoms with E-state index in [2.05, 4.69) is 20.8 Å². The minimum Gasteiger partial charge on any atom is -0.611 e. The predicted molar refractivity (Wildman–Crippen MR) is 123 cm³/mol. The van der Waals surface area contributed by atoms with Crippen molar-refractivity contribution in [3.63, 3.8) is 0 Å². The quantitative estimate of drug-likeness (QED) is 0.194. The molecule has 180 valence electrons. The zero-order valence-corrected chi connectivity index (χ0v) is 20.5. The molecule has 0 radical (unpaired) electrons. The van der Waals surface area contributed by atoms with Gasteiger partial charge in [0.05, 0.1) is 0 Å². The highest BCUT2D eigenvalue weighted by molar-refractivity contribution is 8.01. The molecule has 34 heavy (non-hydrogen) atoms. The fraction of sp³-hybridized carbons (Fsp3) is 0.368. The Balaban J connectivity index is 1.49. The van der Waals surface area contributed by atoms with Gasteiger partial charge in [0.15, 0.2) is 10.6 Å². The number of carbonyl (C=O) groups is 3. The summed E-state index contributed by atoms with van der Waals surface area (Å²) in [6.45, 7) is 0. The van der Waals surface area contributed by atoms with E-state index in [9.17, 15) is 24.0 Å². The lowest BCUT2D eigenvalue weighted by molar-refractivity contribution is -0.192. The number of ether oxygens (including phenoxy) is 1. The Morgan fingerprint density at radius 2 is 2.15 bits per heavy atom. The molecule has 3 heterocycles. The number of rotatable bonds is 9. The van der Waals surface area contributed by atoms with Crippen molar-refractivity contribution in [2.75, 3.05) is 24.4 Å². The molecule has 2 aliphatic heterocycles. The summed E-state index contributed by atoms with van der Waals surface area (Å²) >= 11 is 0.911. The fourth-order valence-corrected chi connectivity index (χ4v) is 6.93. The van der Waals surface area contributed by atoms with Crippen molar-refractivity contribution in [2.24, 2.45) is 7.05 Å². The Morgan fingerprint density at radius 3 is 2.76 bits per heavy atom. The van der Waals surface area contributed by atoms with Gasteiger partial charge in [-0.1, -0.05) is 30.0 Å². The molecule has 0 bridgehead atoms. The van der Waals surface area contributed by atoms with Gasteiger partial charge in [0, 0.05) is 25.7 Å². The third-order valence-corrected chi connectivity index (χ3v) is 8.98. The molecule has 0 spiro atoms. The third-order valence-electron chi connectivity index (χ3n) is 5.18. The molecule has 4 rings (SSSR count). The molecule has 2 aromatic rings. The number of fused-ring (bicyclic) bond motifs is 1. The molecular formula is C19H20N6O6S3. The van der Waals surface area contributed by atoms with Gasteiger partial charge >= 0.3 is 5.97 Å². The zero-order chi connectivity index (χ0) is 24.5. The number of aliphatic carboxylic acids is 1. The van der Waals surface area contributed by atoms with Crippen LogP contribution in [0.2, 0.25) is 0 Å². The molecule has 15 heteroatoms. The Kier molecular flexibility index (Phi) is 7.18. The zero-order valence-electron chi connectivity index (χ0n) is 18.0. The number of nitrogens with one attached hydrogen (secondary N) is 1. The first kappa shape index (κ1) is 24.5. The monoisotopic (exact) mass is 524 g/mol. The first-order valence-electron chi connectivity index (χ1n) is 9.83. The van der Waals surface area contributed by atoms with Gasteiger partial charge in [-0.25, -0.2) is 9.48 Å². The normalized spacial score (nSPS) is 22.7. The van der Waals surface area contributed by atoms with Crippen molar-refractivity contribution in [1.82, 2.24) is 30.4 Å². The molecule has 12 nitrogen and oxygen atoms in total. The minimum atomic E-state index is -1.74. The maximum atomic E-state index is 13.1. The molecule has 1 saturated heterocycles. The van der Waals surface area contributed by atoms with E-state index in [1.54, 1.807) is 37.4 Å². The van der Waals surface area contributed by atoms with Crippen LogP contribution < -0.4 is 5.32 Å². The molecule has 1 fully saturated rings. The van der Waals surface area contributed by atoms with Gasteiger partial charge in [-0.15, -0.1) is 16.9 Å². The third kappa shape index (κ3) is 4.40. The number of hydrogen-bond acceptors (Lipinski definition) is 10. The van der Waals surface area contributed by atoms with E-state index in [0.29, 0.717) is 21.4 Å². The number of hydrogen-bond donors (Lipinski definition) is 2. The van der Waals surface area contributed by atoms with Crippen LogP contribution in [0.15, 0.2) is 51.7 Å². The van der Waals surface area contributed by atoms with Gasteiger partial charge in [0.1, 0.15) is 11.1 Å². The molecule has 1 aromatic carbocycles. The first-order chi connectivity index (χ1) is 16.3. The number of aromatic nitrogens is 4. The Morgan fingerprint density at radius 1 is 1.41 bits per heavy atom. The van der Waals surface area contributed by atoms with E-state index in [1.165, 1.54) is 35.3 Å². The van der Waals surface area contributed by atoms with Crippen LogP contribution in [0.1, 0.15) is 0 Å². The van der Waals surface area contributed by atoms with Crippen molar-refractivity contribution in [2.45, 2.75) is 21.2 Å². The highest BCUT2D eigenvalue weighted by atomic mass is 32.2. The van der Waals surface area contributed by atoms with Gasteiger partial charge in [-0.2, -0.15) is 0 Å². The van der Waals surface area contributed by atoms with Crippen LogP contribution in [0.25, 0.3) is 0 Å². The van der Waals surface area contributed by atoms with Crippen LogP contribution in [0.5, 0.6) is 0 Å². The van der Waals surface area contributed by atoms with Crippen LogP contribution in [-0.2, 0) is 37.3 Å². The number of carboxylic acids is 1. The second kappa shape index (κ2) is 9.95. The van der Waals surface area contributed by atoms with E-state index in [4.69, 9.17) is 4.74 Å². The summed E-state index contributed by atoms with van der Waals surface area (Å²) in [5.74, 6) is -2.41. The molecule has 3 atom stereocenters. The first-order valence-corrected chi connectivity index (χ1v) is 13.2. The van der Waals surface area contributed by atoms with Crippen LogP contribution in [0, 0.1) is 0 Å². The summed E-state index contributed by atoms with van der Waals surface area (Å²) in [7, 11) is 2.93. The number of aryl methyl sites for hydroxylation is 1. The average molecular weight is 525 g/mol. The van der Waals surface area contributed by atoms with Crippen molar-refractivity contribution >= 4 is 52.5 Å². The minimum absolute atomic E-state index is 0.147. The van der Waals surface area contributed by atoms with Gasteiger partial charge in [0.25, 0.3) is 17.5 Å². The number of carbonyl (C=O) groups excluding carboxylic acids is 2. The summed E-state index contributed by atoms with van der Waals surface area (Å²) in [6, 6.07) is 8.48. The lowest BCUT2D eigenvalue weighted by atomic mass is 9.98. The van der Waals surface area contributed by atoms with E-state index in [0.717, 1.165) is 4.90 Å². The summed E-state index contributed by atoms with van der Waals surface area (Å²) in [5.41, 5.74) is -1.36. The Labute approximate surface area is 205 Å². The lowest BCUT2D eigenvalue weighted by Gasteiger charge is -2.55. The molecular weight excluding hydrogens is 504 g/mol. The number of amides is 2. The fourth-order valence-electron chi connectivity index (χ4n) is 3.57. The number of tetrazole rings is 1. The Bertz CT molecular complexity index is 1140. The predicted octanol–water partition coefficient (Wildman–Crippen LogP) is -0.177. The molecule has 1 unspecified atom stereocenters. The second-order valence-electron chi connectivity index (χ2n) is 7.26. The molecule has 1 aromatic heterocycles. The van der Waals surface area contributed by atoms with E-state index < -0.39 is 40.1 Å². The smallest absolute Gasteiger partial charge is 0.352 e. The van der Waals surface area contributed by atoms with Gasteiger partial charge in [0.2, 0.25) is 5.16 Å². The molecule has 0 aliphatic carbocycles. The number of methoxy groups -OCH3 is 1. The average Bonchev–Trinajstić information content (AvgIpc) is 3.25. The van der Waals surface area contributed by atoms with Crippen LogP contribution >= 0.6 is 23.5 Å². The number of nitrogens with zero attached hydrogens (tertiary/aromatic N) is 5. The summed E-state index contributed by atoms with van der Waals surface area (Å²) in [5, 5.41) is 23.3. The summed E-state index contributed by atoms with van der Waals surface area (Å²) < 4.78 is 19.4. The molecule has 2 aliphatic rings. The largest absolute Gasteiger partial charge is 0.611 e. The summed E-state index contributed by atoms with van der Waals surface area (Å²) in [4.78, 5) is 39.5. The number of carboxylic acid groups (broad SMARTS) is 1. The number of benzene rings is 1.